The van der Waals surface area contributed by atoms with Gasteiger partial charge >= 0.3 is 12.6 Å². The van der Waals surface area contributed by atoms with Crippen molar-refractivity contribution in [3.8, 4) is 17.6 Å². The summed E-state index contributed by atoms with van der Waals surface area (Å²) in [6.07, 6.45) is -0.872. The van der Waals surface area contributed by atoms with Gasteiger partial charge in [0, 0.05) is 0 Å². The highest BCUT2D eigenvalue weighted by Gasteiger charge is 2.49. The van der Waals surface area contributed by atoms with Crippen molar-refractivity contribution < 1.29 is 33.0 Å². The Morgan fingerprint density at radius 1 is 1.12 bits per heavy atom. The second kappa shape index (κ2) is 9.62. The molecule has 10 heteroatoms. The molecule has 1 heterocycles. The van der Waals surface area contributed by atoms with E-state index < -0.39 is 30.2 Å². The molecule has 2 N–H and O–H groups in total. The lowest BCUT2D eigenvalue weighted by atomic mass is 9.92. The number of carbonyl (C=O) groups is 2. The van der Waals surface area contributed by atoms with Crippen LogP contribution in [0.15, 0.2) is 48.5 Å². The first kappa shape index (κ1) is 23.0. The molecule has 2 atom stereocenters. The summed E-state index contributed by atoms with van der Waals surface area (Å²) in [5, 5.41) is 21.5. The van der Waals surface area contributed by atoms with Crippen LogP contribution >= 0.6 is 0 Å². The quantitative estimate of drug-likeness (QED) is 0.574. The number of urea groups is 1. The normalized spacial score (nSPS) is 18.9. The Morgan fingerprint density at radius 2 is 1.75 bits per heavy atom. The molecule has 1 saturated heterocycles. The van der Waals surface area contributed by atoms with E-state index in [1.165, 1.54) is 31.2 Å². The number of ether oxygens (including phenoxy) is 2. The van der Waals surface area contributed by atoms with E-state index in [-0.39, 0.29) is 25.3 Å². The first-order valence-corrected chi connectivity index (χ1v) is 9.69. The number of aliphatic hydroxyl groups is 1. The van der Waals surface area contributed by atoms with E-state index in [9.17, 15) is 23.5 Å². The molecule has 32 heavy (non-hydrogen) atoms. The molecule has 0 bridgehead atoms. The van der Waals surface area contributed by atoms with Gasteiger partial charge in [-0.3, -0.25) is 9.69 Å². The van der Waals surface area contributed by atoms with E-state index in [1.54, 1.807) is 24.3 Å². The van der Waals surface area contributed by atoms with Crippen LogP contribution in [-0.2, 0) is 16.8 Å². The number of rotatable bonds is 9. The third-order valence-electron chi connectivity index (χ3n) is 4.97. The molecule has 0 saturated carbocycles. The third kappa shape index (κ3) is 5.12. The molecule has 0 radical (unpaired) electrons. The van der Waals surface area contributed by atoms with Crippen molar-refractivity contribution in [2.24, 2.45) is 0 Å². The number of nitrogens with one attached hydrogen (secondary N) is 1. The summed E-state index contributed by atoms with van der Waals surface area (Å²) >= 11 is 0. The van der Waals surface area contributed by atoms with Crippen LogP contribution in [0.4, 0.5) is 13.6 Å². The third-order valence-corrected chi connectivity index (χ3v) is 4.97. The van der Waals surface area contributed by atoms with Gasteiger partial charge in [-0.2, -0.15) is 14.0 Å². The number of hydrogen-bond donors (Lipinski definition) is 2. The van der Waals surface area contributed by atoms with Gasteiger partial charge in [-0.15, -0.1) is 0 Å². The number of hydrogen-bond acceptors (Lipinski definition) is 6. The van der Waals surface area contributed by atoms with E-state index in [1.807, 2.05) is 6.07 Å². The molecule has 168 valence electrons. The summed E-state index contributed by atoms with van der Waals surface area (Å²) in [4.78, 5) is 26.2. The van der Waals surface area contributed by atoms with Crippen LogP contribution in [0.3, 0.4) is 0 Å². The molecule has 0 unspecified atom stereocenters. The zero-order valence-corrected chi connectivity index (χ0v) is 17.1. The molecular weight excluding hydrogens is 424 g/mol. The predicted octanol–water partition coefficient (Wildman–Crippen LogP) is 2.56. The SMILES string of the molecule is C[C@@]1(c2ccc(OC(F)F)cc2)NC(=O)N(C[C@@H](O)COc2ccc(CC#N)cc2)C1=O. The van der Waals surface area contributed by atoms with E-state index in [0.29, 0.717) is 11.3 Å². The van der Waals surface area contributed by atoms with Crippen LogP contribution < -0.4 is 14.8 Å². The second-order valence-corrected chi connectivity index (χ2v) is 7.32. The van der Waals surface area contributed by atoms with Gasteiger partial charge in [0.05, 0.1) is 19.0 Å². The monoisotopic (exact) mass is 445 g/mol. The molecule has 2 aromatic carbocycles. The number of imide groups is 1. The van der Waals surface area contributed by atoms with Crippen LogP contribution in [0.25, 0.3) is 0 Å². The number of nitriles is 1. The fourth-order valence-electron chi connectivity index (χ4n) is 3.28. The molecule has 1 aliphatic rings. The Balaban J connectivity index is 1.60. The highest BCUT2D eigenvalue weighted by molar-refractivity contribution is 6.07. The van der Waals surface area contributed by atoms with Crippen LogP contribution in [0, 0.1) is 11.3 Å². The van der Waals surface area contributed by atoms with Gasteiger partial charge in [0.2, 0.25) is 0 Å². The number of benzene rings is 2. The van der Waals surface area contributed by atoms with Gasteiger partial charge in [0.15, 0.2) is 0 Å². The van der Waals surface area contributed by atoms with E-state index in [4.69, 9.17) is 10.00 Å². The molecular formula is C22H21F2N3O5. The topological polar surface area (TPSA) is 112 Å². The van der Waals surface area contributed by atoms with Crippen molar-refractivity contribution in [3.63, 3.8) is 0 Å². The molecule has 0 aromatic heterocycles. The van der Waals surface area contributed by atoms with Crippen molar-refractivity contribution in [1.29, 1.82) is 5.26 Å². The molecule has 3 rings (SSSR count). The Bertz CT molecular complexity index is 1010. The zero-order valence-electron chi connectivity index (χ0n) is 17.1. The molecule has 2 aromatic rings. The highest BCUT2D eigenvalue weighted by Crippen LogP contribution is 2.30. The maximum absolute atomic E-state index is 12.9. The minimum Gasteiger partial charge on any atom is -0.491 e. The Kier molecular flexibility index (Phi) is 6.90. The summed E-state index contributed by atoms with van der Waals surface area (Å²) in [5.41, 5.74) is -0.214. The minimum atomic E-state index is -2.97. The molecule has 0 aliphatic carbocycles. The standard InChI is InChI=1S/C22H21F2N3O5/c1-22(15-4-8-18(9-5-15)32-20(23)24)19(29)27(21(30)26-22)12-16(28)13-31-17-6-2-14(3-7-17)10-11-25/h2-9,16,20,28H,10,12-13H2,1H3,(H,26,30)/t16-,22+/m1/s1. The van der Waals surface area contributed by atoms with Gasteiger partial charge in [-0.1, -0.05) is 24.3 Å². The van der Waals surface area contributed by atoms with Gasteiger partial charge in [0.25, 0.3) is 5.91 Å². The maximum Gasteiger partial charge on any atom is 0.387 e. The number of nitrogens with zero attached hydrogens (tertiary/aromatic N) is 2. The van der Waals surface area contributed by atoms with E-state index in [2.05, 4.69) is 10.1 Å². The van der Waals surface area contributed by atoms with Crippen molar-refractivity contribution in [3.05, 3.63) is 59.7 Å². The lowest BCUT2D eigenvalue weighted by Gasteiger charge is -2.23. The average Bonchev–Trinajstić information content (AvgIpc) is 2.97. The minimum absolute atomic E-state index is 0.0748. The fourth-order valence-corrected chi connectivity index (χ4v) is 3.28. The Labute approximate surface area is 183 Å². The number of aliphatic hydroxyl groups excluding tert-OH is 1. The lowest BCUT2D eigenvalue weighted by Crippen LogP contribution is -2.42. The van der Waals surface area contributed by atoms with Crippen LogP contribution in [0.5, 0.6) is 11.5 Å². The summed E-state index contributed by atoms with van der Waals surface area (Å²) < 4.78 is 34.4. The first-order valence-electron chi connectivity index (χ1n) is 9.69. The number of alkyl halides is 2. The summed E-state index contributed by atoms with van der Waals surface area (Å²) in [5.74, 6) is -0.196. The number of halogens is 2. The van der Waals surface area contributed by atoms with Crippen LogP contribution in [-0.4, -0.2) is 47.8 Å². The zero-order chi connectivity index (χ0) is 23.3. The van der Waals surface area contributed by atoms with Gasteiger partial charge < -0.3 is 19.9 Å². The van der Waals surface area contributed by atoms with E-state index >= 15 is 0 Å². The number of amides is 3. The fraction of sp³-hybridized carbons (Fsp3) is 0.318. The van der Waals surface area contributed by atoms with E-state index in [0.717, 1.165) is 10.5 Å². The predicted molar refractivity (Wildman–Crippen MR) is 108 cm³/mol. The summed E-state index contributed by atoms with van der Waals surface area (Å²) in [7, 11) is 0. The first-order chi connectivity index (χ1) is 15.2. The number of β-amino-alcohol motifs (C(OH)–C–C–N with tert-alkyl or cyclic N) is 1. The Morgan fingerprint density at radius 3 is 2.34 bits per heavy atom. The molecule has 8 nitrogen and oxygen atoms in total. The summed E-state index contributed by atoms with van der Waals surface area (Å²) in [6, 6.07) is 13.5. The summed E-state index contributed by atoms with van der Waals surface area (Å²) in [6.45, 7) is -1.94. The van der Waals surface area contributed by atoms with Crippen molar-refractivity contribution >= 4 is 11.9 Å². The van der Waals surface area contributed by atoms with Gasteiger partial charge in [-0.25, -0.2) is 4.79 Å². The second-order valence-electron chi connectivity index (χ2n) is 7.32. The van der Waals surface area contributed by atoms with Crippen LogP contribution in [0.1, 0.15) is 18.1 Å². The maximum atomic E-state index is 12.9. The lowest BCUT2D eigenvalue weighted by molar-refractivity contribution is -0.132. The Hall–Kier alpha value is -3.71. The molecule has 3 amide bonds. The largest absolute Gasteiger partial charge is 0.491 e. The van der Waals surface area contributed by atoms with Crippen molar-refractivity contribution in [2.45, 2.75) is 31.6 Å². The van der Waals surface area contributed by atoms with Gasteiger partial charge in [0.1, 0.15) is 29.7 Å². The molecule has 1 fully saturated rings. The van der Waals surface area contributed by atoms with Gasteiger partial charge in [-0.05, 0) is 42.3 Å². The average molecular weight is 445 g/mol. The van der Waals surface area contributed by atoms with Crippen LogP contribution in [0.2, 0.25) is 0 Å². The smallest absolute Gasteiger partial charge is 0.387 e. The highest BCUT2D eigenvalue weighted by atomic mass is 19.3. The van der Waals surface area contributed by atoms with Crippen molar-refractivity contribution in [1.82, 2.24) is 10.2 Å². The number of carbonyl (C=O) groups excluding carboxylic acids is 2. The molecule has 0 spiro atoms. The molecule has 1 aliphatic heterocycles. The van der Waals surface area contributed by atoms with Crippen molar-refractivity contribution in [2.75, 3.05) is 13.2 Å².